The van der Waals surface area contributed by atoms with E-state index in [1.807, 2.05) is 19.1 Å². The minimum Gasteiger partial charge on any atom is -0.267 e. The maximum Gasteiger partial charge on any atom is 0.278 e. The van der Waals surface area contributed by atoms with Crippen molar-refractivity contribution in [1.29, 1.82) is 0 Å². The topological polar surface area (TPSA) is 47.8 Å². The molecule has 0 N–H and O–H groups in total. The Labute approximate surface area is 120 Å². The molecule has 3 aromatic rings. The van der Waals surface area contributed by atoms with Crippen molar-refractivity contribution >= 4 is 5.91 Å². The molecule has 4 nitrogen and oxygen atoms in total. The molecule has 3 rings (SSSR count). The summed E-state index contributed by atoms with van der Waals surface area (Å²) in [5.74, 6) is -0.808. The van der Waals surface area contributed by atoms with Crippen LogP contribution in [0.5, 0.6) is 0 Å². The van der Waals surface area contributed by atoms with Gasteiger partial charge in [-0.1, -0.05) is 6.07 Å². The molecule has 21 heavy (non-hydrogen) atoms. The largest absolute Gasteiger partial charge is 0.278 e. The summed E-state index contributed by atoms with van der Waals surface area (Å²) in [6, 6.07) is 9.26. The van der Waals surface area contributed by atoms with Crippen molar-refractivity contribution in [2.24, 2.45) is 0 Å². The average Bonchev–Trinajstić information content (AvgIpc) is 2.89. The van der Waals surface area contributed by atoms with Crippen molar-refractivity contribution in [2.75, 3.05) is 0 Å². The Morgan fingerprint density at radius 2 is 1.95 bits per heavy atom. The lowest BCUT2D eigenvalue weighted by molar-refractivity contribution is 0.0944. The van der Waals surface area contributed by atoms with Gasteiger partial charge >= 0.3 is 0 Å². The summed E-state index contributed by atoms with van der Waals surface area (Å²) in [7, 11) is 0. The van der Waals surface area contributed by atoms with Crippen molar-refractivity contribution in [3.63, 3.8) is 0 Å². The summed E-state index contributed by atoms with van der Waals surface area (Å²) in [5, 5.41) is 4.22. The molecule has 0 fully saturated rings. The van der Waals surface area contributed by atoms with Crippen LogP contribution in [0, 0.1) is 12.7 Å². The number of aromatic nitrogens is 3. The van der Waals surface area contributed by atoms with Gasteiger partial charge < -0.3 is 0 Å². The van der Waals surface area contributed by atoms with Crippen LogP contribution >= 0.6 is 0 Å². The Kier molecular flexibility index (Phi) is 3.31. The Morgan fingerprint density at radius 3 is 2.67 bits per heavy atom. The van der Waals surface area contributed by atoms with E-state index in [1.165, 1.54) is 22.9 Å². The highest BCUT2D eigenvalue weighted by atomic mass is 19.1. The summed E-state index contributed by atoms with van der Waals surface area (Å²) in [6.07, 6.45) is 5.01. The highest BCUT2D eigenvalue weighted by molar-refractivity contribution is 5.95. The third-order valence-corrected chi connectivity index (χ3v) is 3.17. The van der Waals surface area contributed by atoms with Gasteiger partial charge in [0.25, 0.3) is 5.91 Å². The number of pyridine rings is 1. The summed E-state index contributed by atoms with van der Waals surface area (Å²) in [5.41, 5.74) is 2.77. The van der Waals surface area contributed by atoms with E-state index in [9.17, 15) is 9.18 Å². The predicted octanol–water partition coefficient (Wildman–Crippen LogP) is 3.08. The smallest absolute Gasteiger partial charge is 0.267 e. The molecule has 0 bridgehead atoms. The summed E-state index contributed by atoms with van der Waals surface area (Å²) >= 11 is 0. The minimum atomic E-state index is -0.445. The van der Waals surface area contributed by atoms with Crippen LogP contribution < -0.4 is 0 Å². The van der Waals surface area contributed by atoms with E-state index in [0.717, 1.165) is 16.8 Å². The van der Waals surface area contributed by atoms with Gasteiger partial charge in [0, 0.05) is 29.7 Å². The van der Waals surface area contributed by atoms with Gasteiger partial charge in [0.05, 0.1) is 5.69 Å². The molecule has 0 aliphatic rings. The fourth-order valence-corrected chi connectivity index (χ4v) is 2.13. The van der Waals surface area contributed by atoms with Crippen LogP contribution in [0.1, 0.15) is 16.1 Å². The molecule has 0 radical (unpaired) electrons. The number of rotatable bonds is 2. The summed E-state index contributed by atoms with van der Waals surface area (Å²) < 4.78 is 14.4. The Balaban J connectivity index is 2.00. The van der Waals surface area contributed by atoms with E-state index in [0.29, 0.717) is 0 Å². The van der Waals surface area contributed by atoms with Crippen LogP contribution in [-0.4, -0.2) is 20.7 Å². The fourth-order valence-electron chi connectivity index (χ4n) is 2.13. The lowest BCUT2D eigenvalue weighted by Gasteiger charge is -2.00. The fraction of sp³-hybridized carbons (Fsp3) is 0.0625. The molecular weight excluding hydrogens is 269 g/mol. The summed E-state index contributed by atoms with van der Waals surface area (Å²) in [6.45, 7) is 1.82. The molecule has 0 unspecified atom stereocenters. The lowest BCUT2D eigenvalue weighted by Crippen LogP contribution is -2.12. The minimum absolute atomic E-state index is 0.263. The van der Waals surface area contributed by atoms with Crippen LogP contribution in [0.2, 0.25) is 0 Å². The van der Waals surface area contributed by atoms with Gasteiger partial charge in [-0.05, 0) is 42.8 Å². The van der Waals surface area contributed by atoms with Crippen LogP contribution in [0.25, 0.3) is 11.1 Å². The van der Waals surface area contributed by atoms with E-state index in [1.54, 1.807) is 24.7 Å². The number of nitrogens with zero attached hydrogens (tertiary/aromatic N) is 3. The zero-order chi connectivity index (χ0) is 14.8. The predicted molar refractivity (Wildman–Crippen MR) is 76.3 cm³/mol. The molecule has 2 heterocycles. The van der Waals surface area contributed by atoms with Crippen molar-refractivity contribution in [3.8, 4) is 11.1 Å². The number of hydrogen-bond acceptors (Lipinski definition) is 3. The second-order valence-corrected chi connectivity index (χ2v) is 4.62. The number of carbonyl (C=O) groups excluding carboxylic acids is 1. The normalized spacial score (nSPS) is 10.6. The monoisotopic (exact) mass is 281 g/mol. The van der Waals surface area contributed by atoms with Gasteiger partial charge in [0.1, 0.15) is 5.82 Å². The van der Waals surface area contributed by atoms with E-state index in [2.05, 4.69) is 10.1 Å². The molecule has 0 atom stereocenters. The van der Waals surface area contributed by atoms with Crippen molar-refractivity contribution < 1.29 is 9.18 Å². The van der Waals surface area contributed by atoms with E-state index >= 15 is 0 Å². The molecule has 5 heteroatoms. The van der Waals surface area contributed by atoms with Gasteiger partial charge in [-0.3, -0.25) is 9.78 Å². The first-order chi connectivity index (χ1) is 10.1. The quantitative estimate of drug-likeness (QED) is 0.725. The van der Waals surface area contributed by atoms with E-state index < -0.39 is 5.82 Å². The molecule has 104 valence electrons. The van der Waals surface area contributed by atoms with Crippen LogP contribution in [0.3, 0.4) is 0 Å². The van der Waals surface area contributed by atoms with Crippen LogP contribution in [0.15, 0.2) is 55.0 Å². The lowest BCUT2D eigenvalue weighted by atomic mass is 10.1. The second-order valence-electron chi connectivity index (χ2n) is 4.62. The van der Waals surface area contributed by atoms with Gasteiger partial charge in [0.15, 0.2) is 0 Å². The van der Waals surface area contributed by atoms with E-state index in [4.69, 9.17) is 0 Å². The molecule has 0 spiro atoms. The number of benzene rings is 1. The van der Waals surface area contributed by atoms with Crippen molar-refractivity contribution in [2.45, 2.75) is 6.92 Å². The molecule has 0 aliphatic heterocycles. The molecule has 0 saturated carbocycles. The van der Waals surface area contributed by atoms with Crippen molar-refractivity contribution in [3.05, 3.63) is 72.1 Å². The third-order valence-electron chi connectivity index (χ3n) is 3.17. The highest BCUT2D eigenvalue weighted by Crippen LogP contribution is 2.22. The highest BCUT2D eigenvalue weighted by Gasteiger charge is 2.14. The first kappa shape index (κ1) is 13.2. The van der Waals surface area contributed by atoms with Crippen LogP contribution in [0.4, 0.5) is 4.39 Å². The number of carbonyl (C=O) groups is 1. The number of aryl methyl sites for hydroxylation is 1. The number of halogens is 1. The zero-order valence-electron chi connectivity index (χ0n) is 11.3. The van der Waals surface area contributed by atoms with E-state index in [-0.39, 0.29) is 11.5 Å². The van der Waals surface area contributed by atoms with Gasteiger partial charge in [-0.25, -0.2) is 9.07 Å². The van der Waals surface area contributed by atoms with Crippen LogP contribution in [-0.2, 0) is 0 Å². The van der Waals surface area contributed by atoms with Crippen molar-refractivity contribution in [1.82, 2.24) is 14.8 Å². The Hall–Kier alpha value is -2.82. The average molecular weight is 281 g/mol. The molecule has 0 aliphatic carbocycles. The Bertz CT molecular complexity index is 796. The standard InChI is InChI=1S/C16H12FN3O/c1-11-15(12-5-7-18-8-6-12)10-20(19-11)16(21)13-3-2-4-14(17)9-13/h2-10H,1H3. The zero-order valence-corrected chi connectivity index (χ0v) is 11.3. The Morgan fingerprint density at radius 1 is 1.19 bits per heavy atom. The number of hydrogen-bond donors (Lipinski definition) is 0. The van der Waals surface area contributed by atoms with Gasteiger partial charge in [-0.15, -0.1) is 0 Å². The van der Waals surface area contributed by atoms with Gasteiger partial charge in [-0.2, -0.15) is 5.10 Å². The molecular formula is C16H12FN3O. The molecule has 0 amide bonds. The first-order valence-corrected chi connectivity index (χ1v) is 6.42. The first-order valence-electron chi connectivity index (χ1n) is 6.42. The maximum atomic E-state index is 13.2. The van der Waals surface area contributed by atoms with Gasteiger partial charge in [0.2, 0.25) is 0 Å². The summed E-state index contributed by atoms with van der Waals surface area (Å²) in [4.78, 5) is 16.3. The molecule has 0 saturated heterocycles. The molecule has 1 aromatic carbocycles. The SMILES string of the molecule is Cc1nn(C(=O)c2cccc(F)c2)cc1-c1ccncc1. The second kappa shape index (κ2) is 5.28. The maximum absolute atomic E-state index is 13.2. The molecule has 2 aromatic heterocycles. The third kappa shape index (κ3) is 2.58.